The molecule has 0 atom stereocenters. The van der Waals surface area contributed by atoms with Crippen LogP contribution in [0.1, 0.15) is 46.0 Å². The lowest BCUT2D eigenvalue weighted by atomic mass is 10.0. The minimum absolute atomic E-state index is 0. The van der Waals surface area contributed by atoms with E-state index in [9.17, 15) is 13.0 Å². The molecule has 0 bridgehead atoms. The van der Waals surface area contributed by atoms with Gasteiger partial charge in [0.1, 0.15) is 0 Å². The van der Waals surface area contributed by atoms with Crippen molar-refractivity contribution in [1.82, 2.24) is 6.15 Å². The zero-order chi connectivity index (χ0) is 10.3. The Morgan fingerprint density at radius 1 is 1.07 bits per heavy atom. The summed E-state index contributed by atoms with van der Waals surface area (Å²) in [5.41, 5.74) is 0. The summed E-state index contributed by atoms with van der Waals surface area (Å²) in [6.45, 7) is 4.34. The van der Waals surface area contributed by atoms with Crippen LogP contribution in [-0.2, 0) is 10.1 Å². The molecule has 4 N–H and O–H groups in total. The van der Waals surface area contributed by atoms with Gasteiger partial charge >= 0.3 is 0 Å². The summed E-state index contributed by atoms with van der Waals surface area (Å²) < 4.78 is 30.6. The van der Waals surface area contributed by atoms with E-state index in [0.717, 1.165) is 19.3 Å². The molecule has 4 nitrogen and oxygen atoms in total. The van der Waals surface area contributed by atoms with Gasteiger partial charge in [-0.2, -0.15) is 0 Å². The van der Waals surface area contributed by atoms with Gasteiger partial charge in [0, 0.05) is 5.75 Å². The smallest absolute Gasteiger partial charge is 0.0945 e. The summed E-state index contributed by atoms with van der Waals surface area (Å²) in [5, 5.41) is 0. The maximum atomic E-state index is 10.2. The molecule has 0 unspecified atom stereocenters. The van der Waals surface area contributed by atoms with E-state index in [1.54, 1.807) is 0 Å². The third-order valence-corrected chi connectivity index (χ3v) is 2.71. The Kier molecular flexibility index (Phi) is 9.55. The molecule has 5 heteroatoms. The van der Waals surface area contributed by atoms with Crippen LogP contribution in [-0.4, -0.2) is 18.7 Å². The molecule has 0 spiro atoms. The number of hydrogen-bond donors (Lipinski definition) is 1. The van der Waals surface area contributed by atoms with E-state index >= 15 is 0 Å². The van der Waals surface area contributed by atoms with Gasteiger partial charge in [0.15, 0.2) is 0 Å². The molecule has 0 radical (unpaired) electrons. The van der Waals surface area contributed by atoms with E-state index < -0.39 is 10.1 Å². The van der Waals surface area contributed by atoms with Crippen LogP contribution in [0.4, 0.5) is 0 Å². The number of unbranched alkanes of at least 4 members (excludes halogenated alkanes) is 3. The van der Waals surface area contributed by atoms with Gasteiger partial charge in [-0.15, -0.1) is 0 Å². The lowest BCUT2D eigenvalue weighted by Gasteiger charge is -2.06. The largest absolute Gasteiger partial charge is 0.748 e. The number of quaternary nitrogens is 1. The Balaban J connectivity index is 0. The summed E-state index contributed by atoms with van der Waals surface area (Å²) >= 11 is 0. The molecule has 0 heterocycles. The molecule has 0 aromatic rings. The van der Waals surface area contributed by atoms with Crippen molar-refractivity contribution in [1.29, 1.82) is 0 Å². The molecular weight excluding hydrogens is 202 g/mol. The highest BCUT2D eigenvalue weighted by atomic mass is 32.2. The van der Waals surface area contributed by atoms with Crippen LogP contribution in [0.25, 0.3) is 0 Å². The van der Waals surface area contributed by atoms with E-state index in [-0.39, 0.29) is 11.9 Å². The van der Waals surface area contributed by atoms with E-state index in [2.05, 4.69) is 13.8 Å². The van der Waals surface area contributed by atoms with Gasteiger partial charge in [0.25, 0.3) is 0 Å². The fourth-order valence-electron chi connectivity index (χ4n) is 1.18. The highest BCUT2D eigenvalue weighted by Gasteiger charge is 1.97. The number of hydrogen-bond acceptors (Lipinski definition) is 3. The third kappa shape index (κ3) is 14.4. The van der Waals surface area contributed by atoms with Gasteiger partial charge in [-0.1, -0.05) is 39.5 Å². The molecule has 0 rings (SSSR count). The first-order valence-electron chi connectivity index (χ1n) is 4.85. The molecule has 0 aromatic heterocycles. The average Bonchev–Trinajstić information content (AvgIpc) is 1.93. The minimum atomic E-state index is -3.98. The van der Waals surface area contributed by atoms with Gasteiger partial charge in [-0.3, -0.25) is 0 Å². The summed E-state index contributed by atoms with van der Waals surface area (Å²) in [4.78, 5) is 0. The molecule has 0 saturated heterocycles. The normalized spacial score (nSPS) is 11.4. The van der Waals surface area contributed by atoms with Crippen molar-refractivity contribution in [2.75, 3.05) is 5.75 Å². The second-order valence-corrected chi connectivity index (χ2v) is 5.38. The molecule has 0 aliphatic heterocycles. The second-order valence-electron chi connectivity index (χ2n) is 3.86. The van der Waals surface area contributed by atoms with Crippen LogP contribution in [0.3, 0.4) is 0 Å². The van der Waals surface area contributed by atoms with Crippen molar-refractivity contribution in [2.24, 2.45) is 5.92 Å². The molecule has 0 aliphatic carbocycles. The van der Waals surface area contributed by atoms with Gasteiger partial charge in [-0.05, 0) is 12.3 Å². The van der Waals surface area contributed by atoms with Crippen molar-refractivity contribution in [3.8, 4) is 0 Å². The Morgan fingerprint density at radius 2 is 1.57 bits per heavy atom. The van der Waals surface area contributed by atoms with Crippen LogP contribution < -0.4 is 6.15 Å². The third-order valence-electron chi connectivity index (χ3n) is 1.93. The Bertz CT molecular complexity index is 212. The van der Waals surface area contributed by atoms with Crippen molar-refractivity contribution >= 4 is 10.1 Å². The number of rotatable bonds is 7. The first kappa shape index (κ1) is 16.3. The van der Waals surface area contributed by atoms with E-state index in [0.29, 0.717) is 12.3 Å². The zero-order valence-corrected chi connectivity index (χ0v) is 10.3. The topological polar surface area (TPSA) is 93.7 Å². The molecule has 0 saturated carbocycles. The molecular formula is C9H23NO3S. The summed E-state index contributed by atoms with van der Waals surface area (Å²) in [5.74, 6) is 0.512. The second kappa shape index (κ2) is 8.20. The van der Waals surface area contributed by atoms with Gasteiger partial charge in [0.2, 0.25) is 0 Å². The quantitative estimate of drug-likeness (QED) is 0.532. The molecule has 0 amide bonds. The monoisotopic (exact) mass is 225 g/mol. The first-order chi connectivity index (χ1) is 5.92. The Labute approximate surface area is 87.4 Å². The predicted molar refractivity (Wildman–Crippen MR) is 58.5 cm³/mol. The average molecular weight is 225 g/mol. The van der Waals surface area contributed by atoms with Crippen LogP contribution in [0.5, 0.6) is 0 Å². The highest BCUT2D eigenvalue weighted by Crippen LogP contribution is 2.09. The van der Waals surface area contributed by atoms with Crippen LogP contribution in [0, 0.1) is 5.92 Å². The molecule has 0 aromatic carbocycles. The van der Waals surface area contributed by atoms with Gasteiger partial charge in [-0.25, -0.2) is 8.42 Å². The standard InChI is InChI=1S/C9H20O3S.H3N/c1-9(2)7-5-3-4-6-8-13(10,11)12;/h9H,3-8H2,1-2H3,(H,10,11,12);1H3. The van der Waals surface area contributed by atoms with Gasteiger partial charge in [0.05, 0.1) is 10.1 Å². The summed E-state index contributed by atoms with van der Waals surface area (Å²) in [7, 11) is -3.98. The fraction of sp³-hybridized carbons (Fsp3) is 1.00. The van der Waals surface area contributed by atoms with Gasteiger partial charge < -0.3 is 10.7 Å². The van der Waals surface area contributed by atoms with Crippen molar-refractivity contribution in [3.63, 3.8) is 0 Å². The van der Waals surface area contributed by atoms with Crippen LogP contribution >= 0.6 is 0 Å². The summed E-state index contributed by atoms with van der Waals surface area (Å²) in [6, 6.07) is 0. The zero-order valence-electron chi connectivity index (χ0n) is 9.45. The van der Waals surface area contributed by atoms with E-state index in [1.165, 1.54) is 6.42 Å². The maximum absolute atomic E-state index is 10.2. The Morgan fingerprint density at radius 3 is 2.00 bits per heavy atom. The van der Waals surface area contributed by atoms with E-state index in [1.807, 2.05) is 0 Å². The highest BCUT2D eigenvalue weighted by molar-refractivity contribution is 7.85. The van der Waals surface area contributed by atoms with Crippen molar-refractivity contribution in [3.05, 3.63) is 0 Å². The summed E-state index contributed by atoms with van der Waals surface area (Å²) in [6.07, 6.45) is 4.73. The molecule has 88 valence electrons. The SMILES string of the molecule is CC(C)CCCCCCS(=O)(=O)[O-].[NH4+]. The van der Waals surface area contributed by atoms with Crippen molar-refractivity contribution in [2.45, 2.75) is 46.0 Å². The first-order valence-corrected chi connectivity index (χ1v) is 6.43. The fourth-order valence-corrected chi connectivity index (χ4v) is 1.74. The molecule has 0 fully saturated rings. The molecule has 0 aliphatic rings. The molecule has 14 heavy (non-hydrogen) atoms. The lowest BCUT2D eigenvalue weighted by Crippen LogP contribution is -2.03. The van der Waals surface area contributed by atoms with Crippen LogP contribution in [0.15, 0.2) is 0 Å². The minimum Gasteiger partial charge on any atom is -0.748 e. The lowest BCUT2D eigenvalue weighted by molar-refractivity contribution is 0.458. The Hall–Kier alpha value is -0.130. The van der Waals surface area contributed by atoms with Crippen molar-refractivity contribution < 1.29 is 13.0 Å². The van der Waals surface area contributed by atoms with Crippen LogP contribution in [0.2, 0.25) is 0 Å². The predicted octanol–water partition coefficient (Wildman–Crippen LogP) is 2.51. The maximum Gasteiger partial charge on any atom is 0.0945 e. The van der Waals surface area contributed by atoms with E-state index in [4.69, 9.17) is 0 Å².